The summed E-state index contributed by atoms with van der Waals surface area (Å²) in [7, 11) is 0. The Morgan fingerprint density at radius 2 is 1.59 bits per heavy atom. The zero-order valence-corrected chi connectivity index (χ0v) is 12.2. The minimum Gasteiger partial charge on any atom is -0.508 e. The Balaban J connectivity index is 1.73. The van der Waals surface area contributed by atoms with E-state index in [1.165, 1.54) is 12.8 Å². The van der Waals surface area contributed by atoms with Crippen LogP contribution in [0.3, 0.4) is 0 Å². The van der Waals surface area contributed by atoms with Crippen LogP contribution in [0.1, 0.15) is 41.6 Å². The molecule has 2 aromatic carbocycles. The molecule has 4 N–H and O–H groups in total. The lowest BCUT2D eigenvalue weighted by molar-refractivity contribution is 0.367. The van der Waals surface area contributed by atoms with E-state index in [-0.39, 0.29) is 29.3 Å². The summed E-state index contributed by atoms with van der Waals surface area (Å²) in [6.45, 7) is 0. The standard InChI is InChI=1S/C18H19NO3/c20-13-5-3-10(4-6-13)15-7-12-8-16(21)17(22)9-14(12)18(19-15)11-1-2-11/h3-6,8-9,11,15,18-22H,1-2,7H2. The predicted octanol–water partition coefficient (Wildman–Crippen LogP) is 3.14. The number of fused-ring (bicyclic) bond motifs is 1. The van der Waals surface area contributed by atoms with Crippen molar-refractivity contribution in [2.75, 3.05) is 0 Å². The van der Waals surface area contributed by atoms with Crippen molar-refractivity contribution in [2.45, 2.75) is 31.3 Å². The monoisotopic (exact) mass is 297 g/mol. The largest absolute Gasteiger partial charge is 0.508 e. The van der Waals surface area contributed by atoms with Crippen LogP contribution in [0.2, 0.25) is 0 Å². The fourth-order valence-corrected chi connectivity index (χ4v) is 3.43. The number of phenolic OH excluding ortho intramolecular Hbond substituents is 3. The maximum Gasteiger partial charge on any atom is 0.157 e. The van der Waals surface area contributed by atoms with Crippen molar-refractivity contribution in [1.82, 2.24) is 5.32 Å². The van der Waals surface area contributed by atoms with Crippen molar-refractivity contribution in [3.05, 3.63) is 53.1 Å². The van der Waals surface area contributed by atoms with Gasteiger partial charge in [0.2, 0.25) is 0 Å². The highest BCUT2D eigenvalue weighted by Crippen LogP contribution is 2.48. The number of hydrogen-bond donors (Lipinski definition) is 4. The van der Waals surface area contributed by atoms with E-state index in [1.54, 1.807) is 24.3 Å². The quantitative estimate of drug-likeness (QED) is 0.643. The molecule has 4 heteroatoms. The number of rotatable bonds is 2. The van der Waals surface area contributed by atoms with Crippen LogP contribution in [0.15, 0.2) is 36.4 Å². The van der Waals surface area contributed by atoms with Crippen molar-refractivity contribution < 1.29 is 15.3 Å². The van der Waals surface area contributed by atoms with E-state index in [1.807, 2.05) is 12.1 Å². The number of phenols is 3. The first-order valence-corrected chi connectivity index (χ1v) is 7.71. The Morgan fingerprint density at radius 1 is 0.909 bits per heavy atom. The highest BCUT2D eigenvalue weighted by Gasteiger charge is 2.38. The van der Waals surface area contributed by atoms with Gasteiger partial charge in [-0.1, -0.05) is 12.1 Å². The van der Waals surface area contributed by atoms with Crippen molar-refractivity contribution in [3.8, 4) is 17.2 Å². The molecular formula is C18H19NO3. The lowest BCUT2D eigenvalue weighted by Crippen LogP contribution is -2.34. The van der Waals surface area contributed by atoms with Crippen LogP contribution in [0, 0.1) is 5.92 Å². The molecule has 0 bridgehead atoms. The van der Waals surface area contributed by atoms with Crippen LogP contribution in [-0.2, 0) is 6.42 Å². The third-order valence-corrected chi connectivity index (χ3v) is 4.77. The number of nitrogens with one attached hydrogen (secondary N) is 1. The van der Waals surface area contributed by atoms with Crippen LogP contribution in [-0.4, -0.2) is 15.3 Å². The minimum atomic E-state index is -0.0559. The summed E-state index contributed by atoms with van der Waals surface area (Å²) in [5.74, 6) is 0.762. The molecule has 114 valence electrons. The van der Waals surface area contributed by atoms with Crippen molar-refractivity contribution in [2.24, 2.45) is 5.92 Å². The Labute approximate surface area is 129 Å². The van der Waals surface area contributed by atoms with Gasteiger partial charge in [0.1, 0.15) is 5.75 Å². The molecule has 2 atom stereocenters. The molecule has 1 aliphatic heterocycles. The Hall–Kier alpha value is -2.20. The van der Waals surface area contributed by atoms with Crippen LogP contribution in [0.5, 0.6) is 17.2 Å². The van der Waals surface area contributed by atoms with Crippen LogP contribution in [0.25, 0.3) is 0 Å². The highest BCUT2D eigenvalue weighted by atomic mass is 16.3. The SMILES string of the molecule is Oc1ccc(C2Cc3cc(O)c(O)cc3C(C3CC3)N2)cc1. The lowest BCUT2D eigenvalue weighted by Gasteiger charge is -2.34. The van der Waals surface area contributed by atoms with E-state index >= 15 is 0 Å². The van der Waals surface area contributed by atoms with Gasteiger partial charge in [-0.15, -0.1) is 0 Å². The Morgan fingerprint density at radius 3 is 2.27 bits per heavy atom. The average Bonchev–Trinajstić information content (AvgIpc) is 3.33. The normalized spacial score (nSPS) is 24.0. The second-order valence-electron chi connectivity index (χ2n) is 6.37. The third-order valence-electron chi connectivity index (χ3n) is 4.77. The summed E-state index contributed by atoms with van der Waals surface area (Å²) in [6, 6.07) is 11.0. The molecule has 4 rings (SSSR count). The predicted molar refractivity (Wildman–Crippen MR) is 82.9 cm³/mol. The van der Waals surface area contributed by atoms with Gasteiger partial charge in [-0.2, -0.15) is 0 Å². The molecule has 1 aliphatic carbocycles. The lowest BCUT2D eigenvalue weighted by atomic mass is 9.85. The highest BCUT2D eigenvalue weighted by molar-refractivity contribution is 5.49. The molecular weight excluding hydrogens is 278 g/mol. The van der Waals surface area contributed by atoms with E-state index < -0.39 is 0 Å². The topological polar surface area (TPSA) is 72.7 Å². The summed E-state index contributed by atoms with van der Waals surface area (Å²) in [6.07, 6.45) is 3.15. The number of benzene rings is 2. The van der Waals surface area contributed by atoms with Gasteiger partial charge in [-0.25, -0.2) is 0 Å². The average molecular weight is 297 g/mol. The molecule has 1 heterocycles. The molecule has 2 unspecified atom stereocenters. The molecule has 0 spiro atoms. The minimum absolute atomic E-state index is 0.0470. The Bertz CT molecular complexity index is 707. The van der Waals surface area contributed by atoms with Crippen molar-refractivity contribution >= 4 is 0 Å². The van der Waals surface area contributed by atoms with Crippen molar-refractivity contribution in [3.63, 3.8) is 0 Å². The molecule has 0 radical (unpaired) electrons. The van der Waals surface area contributed by atoms with E-state index in [0.717, 1.165) is 23.1 Å². The van der Waals surface area contributed by atoms with Crippen LogP contribution < -0.4 is 5.32 Å². The summed E-state index contributed by atoms with van der Waals surface area (Å²) in [4.78, 5) is 0. The molecule has 1 saturated carbocycles. The molecule has 0 amide bonds. The fraction of sp³-hybridized carbons (Fsp3) is 0.333. The van der Waals surface area contributed by atoms with Gasteiger partial charge in [-0.05, 0) is 66.1 Å². The first kappa shape index (κ1) is 13.5. The third kappa shape index (κ3) is 2.29. The molecule has 1 fully saturated rings. The van der Waals surface area contributed by atoms with Gasteiger partial charge in [0.15, 0.2) is 11.5 Å². The maximum absolute atomic E-state index is 9.81. The van der Waals surface area contributed by atoms with E-state index in [4.69, 9.17) is 0 Å². The summed E-state index contributed by atoms with van der Waals surface area (Å²) in [5, 5.41) is 32.7. The molecule has 0 aromatic heterocycles. The first-order valence-electron chi connectivity index (χ1n) is 7.71. The smallest absolute Gasteiger partial charge is 0.157 e. The van der Waals surface area contributed by atoms with E-state index in [2.05, 4.69) is 5.32 Å². The van der Waals surface area contributed by atoms with Crippen LogP contribution >= 0.6 is 0 Å². The van der Waals surface area contributed by atoms with Crippen LogP contribution in [0.4, 0.5) is 0 Å². The molecule has 2 aliphatic rings. The zero-order chi connectivity index (χ0) is 15.3. The molecule has 4 nitrogen and oxygen atoms in total. The molecule has 22 heavy (non-hydrogen) atoms. The number of aromatic hydroxyl groups is 3. The Kier molecular flexibility index (Phi) is 3.01. The van der Waals surface area contributed by atoms with Gasteiger partial charge in [0.25, 0.3) is 0 Å². The number of hydrogen-bond acceptors (Lipinski definition) is 4. The zero-order valence-electron chi connectivity index (χ0n) is 12.2. The van der Waals surface area contributed by atoms with E-state index in [9.17, 15) is 15.3 Å². The summed E-state index contributed by atoms with van der Waals surface area (Å²) in [5.41, 5.74) is 3.32. The molecule has 0 saturated heterocycles. The van der Waals surface area contributed by atoms with Crippen molar-refractivity contribution in [1.29, 1.82) is 0 Å². The summed E-state index contributed by atoms with van der Waals surface area (Å²) < 4.78 is 0. The second-order valence-corrected chi connectivity index (χ2v) is 6.37. The van der Waals surface area contributed by atoms with Gasteiger partial charge in [0, 0.05) is 12.1 Å². The van der Waals surface area contributed by atoms with E-state index in [0.29, 0.717) is 5.92 Å². The first-order chi connectivity index (χ1) is 10.6. The van der Waals surface area contributed by atoms with Gasteiger partial charge < -0.3 is 20.6 Å². The molecule has 2 aromatic rings. The van der Waals surface area contributed by atoms with Gasteiger partial charge >= 0.3 is 0 Å². The van der Waals surface area contributed by atoms with Gasteiger partial charge in [0.05, 0.1) is 0 Å². The summed E-state index contributed by atoms with van der Waals surface area (Å²) >= 11 is 0. The maximum atomic E-state index is 9.81. The van der Waals surface area contributed by atoms with Gasteiger partial charge in [-0.3, -0.25) is 0 Å². The second kappa shape index (κ2) is 4.92. The fourth-order valence-electron chi connectivity index (χ4n) is 3.43.